The van der Waals surface area contributed by atoms with E-state index in [0.717, 1.165) is 28.6 Å². The minimum atomic E-state index is -0.0499. The summed E-state index contributed by atoms with van der Waals surface area (Å²) in [5.74, 6) is 0. The van der Waals surface area contributed by atoms with Crippen LogP contribution in [0.5, 0.6) is 0 Å². The highest BCUT2D eigenvalue weighted by atomic mass is 16.1. The molecule has 0 fully saturated rings. The Labute approximate surface area is 128 Å². The Bertz CT molecular complexity index is 883. The van der Waals surface area contributed by atoms with Gasteiger partial charge in [0.2, 0.25) is 0 Å². The summed E-state index contributed by atoms with van der Waals surface area (Å²) in [6.45, 7) is 0.230. The maximum Gasteiger partial charge on any atom is 0.258 e. The first kappa shape index (κ1) is 14.1. The number of anilines is 1. The Morgan fingerprint density at radius 1 is 1.09 bits per heavy atom. The van der Waals surface area contributed by atoms with Gasteiger partial charge in [-0.2, -0.15) is 0 Å². The van der Waals surface area contributed by atoms with Crippen LogP contribution in [-0.2, 0) is 11.8 Å². The highest BCUT2D eigenvalue weighted by molar-refractivity contribution is 5.88. The number of aldehydes is 1. The summed E-state index contributed by atoms with van der Waals surface area (Å²) >= 11 is 0. The van der Waals surface area contributed by atoms with Crippen molar-refractivity contribution in [2.75, 3.05) is 11.9 Å². The van der Waals surface area contributed by atoms with Crippen molar-refractivity contribution < 1.29 is 4.79 Å². The van der Waals surface area contributed by atoms with Crippen molar-refractivity contribution in [2.24, 2.45) is 7.05 Å². The summed E-state index contributed by atoms with van der Waals surface area (Å²) in [4.78, 5) is 23.1. The smallest absolute Gasteiger partial charge is 0.258 e. The van der Waals surface area contributed by atoms with Gasteiger partial charge in [-0.25, -0.2) is 0 Å². The number of fused-ring (bicyclic) bond motifs is 1. The van der Waals surface area contributed by atoms with Gasteiger partial charge in [0, 0.05) is 18.1 Å². The number of hydrogen-bond acceptors (Lipinski definition) is 3. The maximum atomic E-state index is 12.6. The van der Waals surface area contributed by atoms with Crippen molar-refractivity contribution in [2.45, 2.75) is 0 Å². The molecule has 0 aliphatic carbocycles. The number of nitrogens with one attached hydrogen (secondary N) is 1. The Hall–Kier alpha value is -2.88. The Kier molecular flexibility index (Phi) is 3.74. The lowest BCUT2D eigenvalue weighted by molar-refractivity contribution is -0.106. The van der Waals surface area contributed by atoms with Gasteiger partial charge in [-0.15, -0.1) is 0 Å². The number of pyridine rings is 1. The van der Waals surface area contributed by atoms with E-state index in [2.05, 4.69) is 5.32 Å². The monoisotopic (exact) mass is 292 g/mol. The maximum absolute atomic E-state index is 12.6. The first-order valence-electron chi connectivity index (χ1n) is 7.07. The Morgan fingerprint density at radius 3 is 2.59 bits per heavy atom. The molecule has 0 unspecified atom stereocenters. The first-order chi connectivity index (χ1) is 10.7. The summed E-state index contributed by atoms with van der Waals surface area (Å²) in [6, 6.07) is 17.4. The molecule has 0 radical (unpaired) electrons. The average Bonchev–Trinajstić information content (AvgIpc) is 2.57. The zero-order chi connectivity index (χ0) is 15.5. The van der Waals surface area contributed by atoms with Crippen LogP contribution >= 0.6 is 0 Å². The van der Waals surface area contributed by atoms with Crippen LogP contribution in [-0.4, -0.2) is 17.4 Å². The third kappa shape index (κ3) is 2.51. The van der Waals surface area contributed by atoms with Crippen molar-refractivity contribution in [1.82, 2.24) is 4.57 Å². The van der Waals surface area contributed by atoms with Gasteiger partial charge in [0.05, 0.1) is 12.2 Å². The molecular weight excluding hydrogens is 276 g/mol. The van der Waals surface area contributed by atoms with Crippen LogP contribution in [0, 0.1) is 0 Å². The van der Waals surface area contributed by atoms with Gasteiger partial charge in [0.15, 0.2) is 0 Å². The first-order valence-corrected chi connectivity index (χ1v) is 7.07. The fourth-order valence-electron chi connectivity index (χ4n) is 2.56. The third-order valence-corrected chi connectivity index (χ3v) is 3.70. The lowest BCUT2D eigenvalue weighted by Gasteiger charge is -2.11. The molecule has 22 heavy (non-hydrogen) atoms. The highest BCUT2D eigenvalue weighted by Gasteiger charge is 2.08. The van der Waals surface area contributed by atoms with Gasteiger partial charge in [0.1, 0.15) is 6.29 Å². The number of carbonyl (C=O) groups excluding carboxylic acids is 1. The van der Waals surface area contributed by atoms with E-state index in [-0.39, 0.29) is 12.1 Å². The number of carbonyl (C=O) groups is 1. The summed E-state index contributed by atoms with van der Waals surface area (Å²) in [5.41, 5.74) is 2.61. The molecule has 110 valence electrons. The summed E-state index contributed by atoms with van der Waals surface area (Å²) in [5, 5.41) is 4.49. The van der Waals surface area contributed by atoms with Crippen LogP contribution in [0.2, 0.25) is 0 Å². The molecule has 0 aliphatic rings. The van der Waals surface area contributed by atoms with Crippen LogP contribution in [0.3, 0.4) is 0 Å². The molecule has 0 amide bonds. The standard InChI is InChI=1S/C18H16N2O2/c1-20-17(13-5-3-2-4-6-13)11-14-7-8-15(19-9-10-21)12-16(14)18(20)22/h2-8,10-12,19H,9H2,1H3. The quantitative estimate of drug-likeness (QED) is 0.752. The number of hydrogen-bond donors (Lipinski definition) is 1. The van der Waals surface area contributed by atoms with Crippen molar-refractivity contribution in [3.63, 3.8) is 0 Å². The summed E-state index contributed by atoms with van der Waals surface area (Å²) in [7, 11) is 1.77. The number of nitrogens with zero attached hydrogens (tertiary/aromatic N) is 1. The topological polar surface area (TPSA) is 51.1 Å². The largest absolute Gasteiger partial charge is 0.378 e. The van der Waals surface area contributed by atoms with E-state index in [1.807, 2.05) is 48.5 Å². The molecule has 1 heterocycles. The van der Waals surface area contributed by atoms with Crippen molar-refractivity contribution in [3.05, 3.63) is 65.0 Å². The molecule has 4 nitrogen and oxygen atoms in total. The fraction of sp³-hybridized carbons (Fsp3) is 0.111. The predicted octanol–water partition coefficient (Wildman–Crippen LogP) is 2.82. The van der Waals surface area contributed by atoms with E-state index in [1.165, 1.54) is 0 Å². The lowest BCUT2D eigenvalue weighted by atomic mass is 10.1. The lowest BCUT2D eigenvalue weighted by Crippen LogP contribution is -2.18. The van der Waals surface area contributed by atoms with E-state index < -0.39 is 0 Å². The van der Waals surface area contributed by atoms with Crippen molar-refractivity contribution in [1.29, 1.82) is 0 Å². The Balaban J connectivity index is 2.17. The summed E-state index contributed by atoms with van der Waals surface area (Å²) in [6.07, 6.45) is 0.792. The number of aromatic nitrogens is 1. The molecule has 0 spiro atoms. The molecule has 0 aliphatic heterocycles. The van der Waals surface area contributed by atoms with Gasteiger partial charge in [0.25, 0.3) is 5.56 Å². The van der Waals surface area contributed by atoms with Crippen LogP contribution in [0.4, 0.5) is 5.69 Å². The van der Waals surface area contributed by atoms with E-state index in [1.54, 1.807) is 17.7 Å². The molecule has 3 rings (SSSR count). The molecule has 0 bridgehead atoms. The molecule has 0 saturated carbocycles. The van der Waals surface area contributed by atoms with Crippen LogP contribution < -0.4 is 10.9 Å². The molecule has 3 aromatic rings. The van der Waals surface area contributed by atoms with Gasteiger partial charge >= 0.3 is 0 Å². The zero-order valence-corrected chi connectivity index (χ0v) is 12.2. The molecule has 0 saturated heterocycles. The predicted molar refractivity (Wildman–Crippen MR) is 89.2 cm³/mol. The van der Waals surface area contributed by atoms with Gasteiger partial charge in [-0.1, -0.05) is 36.4 Å². The molecule has 1 aromatic heterocycles. The molecule has 2 aromatic carbocycles. The normalized spacial score (nSPS) is 10.6. The molecular formula is C18H16N2O2. The molecule has 0 atom stereocenters. The highest BCUT2D eigenvalue weighted by Crippen LogP contribution is 2.23. The average molecular weight is 292 g/mol. The second-order valence-corrected chi connectivity index (χ2v) is 5.11. The minimum absolute atomic E-state index is 0.0499. The van der Waals surface area contributed by atoms with Crippen LogP contribution in [0.25, 0.3) is 22.0 Å². The SMILES string of the molecule is Cn1c(-c2ccccc2)cc2ccc(NCC=O)cc2c1=O. The number of benzene rings is 2. The van der Waals surface area contributed by atoms with E-state index in [9.17, 15) is 9.59 Å². The third-order valence-electron chi connectivity index (χ3n) is 3.70. The van der Waals surface area contributed by atoms with E-state index >= 15 is 0 Å². The van der Waals surface area contributed by atoms with Crippen molar-refractivity contribution in [3.8, 4) is 11.3 Å². The summed E-state index contributed by atoms with van der Waals surface area (Å²) < 4.78 is 1.65. The van der Waals surface area contributed by atoms with Crippen molar-refractivity contribution >= 4 is 22.7 Å². The van der Waals surface area contributed by atoms with E-state index in [4.69, 9.17) is 0 Å². The zero-order valence-electron chi connectivity index (χ0n) is 12.2. The van der Waals surface area contributed by atoms with Gasteiger partial charge < -0.3 is 14.7 Å². The second kappa shape index (κ2) is 5.85. The minimum Gasteiger partial charge on any atom is -0.378 e. The second-order valence-electron chi connectivity index (χ2n) is 5.11. The van der Waals surface area contributed by atoms with Crippen LogP contribution in [0.1, 0.15) is 0 Å². The van der Waals surface area contributed by atoms with Gasteiger partial charge in [-0.3, -0.25) is 4.79 Å². The van der Waals surface area contributed by atoms with Gasteiger partial charge in [-0.05, 0) is 29.1 Å². The fourth-order valence-corrected chi connectivity index (χ4v) is 2.56. The molecule has 4 heteroatoms. The molecule has 1 N–H and O–H groups in total. The van der Waals surface area contributed by atoms with Crippen LogP contribution in [0.15, 0.2) is 59.4 Å². The van der Waals surface area contributed by atoms with E-state index in [0.29, 0.717) is 5.39 Å². The Morgan fingerprint density at radius 2 is 1.86 bits per heavy atom. The number of rotatable bonds is 4.